The van der Waals surface area contributed by atoms with Crippen LogP contribution in [0.4, 0.5) is 0 Å². The van der Waals surface area contributed by atoms with Crippen LogP contribution in [-0.4, -0.2) is 71.8 Å². The number of aliphatic imine (C=N–C) groups is 3. The second-order valence-corrected chi connectivity index (χ2v) is 23.8. The maximum atomic E-state index is 15.1. The third-order valence-corrected chi connectivity index (χ3v) is 17.1. The molecule has 5 heterocycles. The first-order valence-corrected chi connectivity index (χ1v) is 30.4. The van der Waals surface area contributed by atoms with E-state index in [1.165, 1.54) is 57.6 Å². The van der Waals surface area contributed by atoms with Crippen molar-refractivity contribution in [2.75, 3.05) is 13.7 Å². The molecule has 7 rings (SSSR count). The SMILES string of the molecule is C=CC1=C(C)C2=NC1=CC1=NC(=C(CC)/C1=C\NC(C)c1ccccc1)C=C1N=C(C(CC(=O)OC)=C3NC(=C2)C(C)C3CCC(=O)OCC=C(C)CCCC(C)CCCC(C)CCCC(C)C)C(C(=O)NC(C)c2ccccc2)=C1C.[Mg+2]. The van der Waals surface area contributed by atoms with Crippen LogP contribution in [0.25, 0.3) is 0 Å². The zero-order chi connectivity index (χ0) is 59.0. The Hall–Kier alpha value is -6.37. The molecule has 8 bridgehead atoms. The number of allylic oxidation sites excluding steroid dienone is 11. The van der Waals surface area contributed by atoms with Crippen molar-refractivity contribution in [1.82, 2.24) is 16.0 Å². The maximum absolute atomic E-state index is 15.1. The number of methoxy groups -OCH3 is 1. The number of carbonyl (C=O) groups is 3. The van der Waals surface area contributed by atoms with Gasteiger partial charge in [0, 0.05) is 58.6 Å². The minimum Gasteiger partial charge on any atom is -0.469 e. The Balaban J connectivity index is 0.0000111. The molecule has 0 radical (unpaired) electrons. The summed E-state index contributed by atoms with van der Waals surface area (Å²) < 4.78 is 11.3. The molecular formula is C71H92MgN6O5+2. The van der Waals surface area contributed by atoms with Crippen LogP contribution in [0.5, 0.6) is 0 Å². The van der Waals surface area contributed by atoms with Crippen molar-refractivity contribution in [3.63, 3.8) is 0 Å². The van der Waals surface area contributed by atoms with E-state index in [4.69, 9.17) is 24.5 Å². The van der Waals surface area contributed by atoms with Crippen LogP contribution in [0.3, 0.4) is 0 Å². The average Bonchev–Trinajstić information content (AvgIpc) is 3.88. The first kappa shape index (κ1) is 65.8. The average molecular weight is 1130 g/mol. The fourth-order valence-corrected chi connectivity index (χ4v) is 11.8. The van der Waals surface area contributed by atoms with E-state index in [0.717, 1.165) is 80.9 Å². The van der Waals surface area contributed by atoms with Crippen LogP contribution in [-0.2, 0) is 23.9 Å². The van der Waals surface area contributed by atoms with Gasteiger partial charge >= 0.3 is 35.0 Å². The Bertz CT molecular complexity index is 3090. The number of nitrogens with zero attached hydrogens (tertiary/aromatic N) is 3. The number of carbonyl (C=O) groups excluding carboxylic acids is 3. The van der Waals surface area contributed by atoms with Crippen molar-refractivity contribution >= 4 is 58.0 Å². The summed E-state index contributed by atoms with van der Waals surface area (Å²) in [5, 5.41) is 10.7. The van der Waals surface area contributed by atoms with Gasteiger partial charge < -0.3 is 25.4 Å². The summed E-state index contributed by atoms with van der Waals surface area (Å²) in [6, 6.07) is 19.8. The summed E-state index contributed by atoms with van der Waals surface area (Å²) in [5.41, 5.74) is 13.9. The van der Waals surface area contributed by atoms with Crippen molar-refractivity contribution < 1.29 is 23.9 Å². The van der Waals surface area contributed by atoms with Gasteiger partial charge in [0.05, 0.1) is 59.4 Å². The van der Waals surface area contributed by atoms with Gasteiger partial charge in [-0.2, -0.15) is 0 Å². The van der Waals surface area contributed by atoms with Crippen molar-refractivity contribution in [1.29, 1.82) is 0 Å². The fourth-order valence-electron chi connectivity index (χ4n) is 11.8. The zero-order valence-electron chi connectivity index (χ0n) is 52.0. The molecule has 3 N–H and O–H groups in total. The van der Waals surface area contributed by atoms with Crippen LogP contribution in [0.2, 0.25) is 0 Å². The molecule has 12 heteroatoms. The Morgan fingerprint density at radius 3 is 2.01 bits per heavy atom. The molecule has 0 saturated carbocycles. The van der Waals surface area contributed by atoms with E-state index in [2.05, 4.69) is 96.1 Å². The van der Waals surface area contributed by atoms with E-state index in [1.54, 1.807) is 0 Å². The quantitative estimate of drug-likeness (QED) is 0.0459. The van der Waals surface area contributed by atoms with Gasteiger partial charge in [-0.1, -0.05) is 165 Å². The van der Waals surface area contributed by atoms with Crippen molar-refractivity contribution in [3.05, 3.63) is 188 Å². The molecule has 11 nitrogen and oxygen atoms in total. The number of nitrogens with one attached hydrogen (secondary N) is 3. The summed E-state index contributed by atoms with van der Waals surface area (Å²) in [4.78, 5) is 58.7. The van der Waals surface area contributed by atoms with Gasteiger partial charge in [0.25, 0.3) is 5.91 Å². The molecule has 0 aliphatic carbocycles. The molecule has 2 aromatic rings. The fraction of sp³-hybridized carbons (Fsp3) is 0.465. The van der Waals surface area contributed by atoms with E-state index in [-0.39, 0.29) is 78.3 Å². The minimum atomic E-state index is -0.497. The molecular weight excluding hydrogens is 1040 g/mol. The Morgan fingerprint density at radius 1 is 0.747 bits per heavy atom. The van der Waals surface area contributed by atoms with Gasteiger partial charge in [-0.15, -0.1) is 0 Å². The molecule has 5 aliphatic rings. The smallest absolute Gasteiger partial charge is 0.469 e. The molecule has 1 fully saturated rings. The molecule has 2 aromatic carbocycles. The van der Waals surface area contributed by atoms with E-state index in [0.29, 0.717) is 58.3 Å². The predicted octanol–water partition coefficient (Wildman–Crippen LogP) is 15.6. The van der Waals surface area contributed by atoms with Gasteiger partial charge in [-0.3, -0.25) is 14.4 Å². The second-order valence-electron chi connectivity index (χ2n) is 23.8. The van der Waals surface area contributed by atoms with Gasteiger partial charge in [0.15, 0.2) is 0 Å². The van der Waals surface area contributed by atoms with Crippen LogP contribution < -0.4 is 16.0 Å². The van der Waals surface area contributed by atoms with Gasteiger partial charge in [-0.25, -0.2) is 15.0 Å². The van der Waals surface area contributed by atoms with E-state index in [1.807, 2.05) is 99.8 Å². The van der Waals surface area contributed by atoms with Crippen molar-refractivity contribution in [2.45, 2.75) is 172 Å². The number of amides is 1. The van der Waals surface area contributed by atoms with E-state index >= 15 is 4.79 Å². The standard InChI is InChI=1S/C71H92N6O5.Mg/c1-14-55-48(8)60-40-61-49(9)57(35-36-66(78)82-38-37-47(7)30-24-29-46(6)28-23-27-45(5)26-22-25-44(3)4)69(76-61)58(39-67(79)81-13)70-68(71(80)73-52(12)54-33-20-17-21-34-54)50(10)62(77-70)41-64-56(15-2)59(65(75-64)42-63(55)74-60)43-72-51(11)53-31-18-16-19-32-53;/h14,16-21,31-34,37,40-46,49,51-52,57,72,76H,1,15,22-30,35-36,38-39H2,2-13H3,(H,73,80);/q;+2/b47-37?,59-43+,61-40?,62-41?,63-42?,69-58?;. The van der Waals surface area contributed by atoms with Gasteiger partial charge in [0.1, 0.15) is 6.61 Å². The summed E-state index contributed by atoms with van der Waals surface area (Å²) in [6.07, 6.45) is 24.1. The summed E-state index contributed by atoms with van der Waals surface area (Å²) in [6.45, 7) is 28.3. The first-order valence-electron chi connectivity index (χ1n) is 30.4. The number of ether oxygens (including phenoxy) is 2. The van der Waals surface area contributed by atoms with Gasteiger partial charge in [0.2, 0.25) is 0 Å². The Morgan fingerprint density at radius 2 is 1.39 bits per heavy atom. The number of hydrogen-bond acceptors (Lipinski definition) is 10. The van der Waals surface area contributed by atoms with Crippen LogP contribution in [0.15, 0.2) is 192 Å². The van der Waals surface area contributed by atoms with Crippen LogP contribution >= 0.6 is 0 Å². The normalized spacial score (nSPS) is 19.7. The third-order valence-electron chi connectivity index (χ3n) is 17.1. The molecule has 436 valence electrons. The number of rotatable bonds is 27. The van der Waals surface area contributed by atoms with E-state index < -0.39 is 5.97 Å². The largest absolute Gasteiger partial charge is 2.00 e. The number of esters is 2. The molecule has 0 spiro atoms. The predicted molar refractivity (Wildman–Crippen MR) is 342 cm³/mol. The zero-order valence-corrected chi connectivity index (χ0v) is 53.4. The monoisotopic (exact) mass is 1130 g/mol. The number of fused-ring (bicyclic) bond motifs is 5. The topological polar surface area (TPSA) is 143 Å². The molecule has 1 amide bonds. The Labute approximate surface area is 512 Å². The molecule has 83 heavy (non-hydrogen) atoms. The second kappa shape index (κ2) is 31.5. The van der Waals surface area contributed by atoms with Crippen molar-refractivity contribution in [3.8, 4) is 0 Å². The molecule has 6 atom stereocenters. The molecule has 1 saturated heterocycles. The number of benzene rings is 2. The Kier molecular flexibility index (Phi) is 25.0. The maximum Gasteiger partial charge on any atom is 2.00 e. The third kappa shape index (κ3) is 17.4. The van der Waals surface area contributed by atoms with Crippen LogP contribution in [0, 0.1) is 29.6 Å². The summed E-state index contributed by atoms with van der Waals surface area (Å²) in [7, 11) is 1.37. The van der Waals surface area contributed by atoms with Crippen LogP contribution in [0.1, 0.15) is 183 Å². The van der Waals surface area contributed by atoms with Gasteiger partial charge in [-0.05, 0) is 130 Å². The summed E-state index contributed by atoms with van der Waals surface area (Å²) >= 11 is 0. The molecule has 5 aliphatic heterocycles. The molecule has 6 unspecified atom stereocenters. The minimum absolute atomic E-state index is 0. The van der Waals surface area contributed by atoms with Crippen molar-refractivity contribution in [2.24, 2.45) is 44.6 Å². The molecule has 0 aromatic heterocycles. The number of hydrogen-bond donors (Lipinski definition) is 3. The first-order chi connectivity index (χ1) is 39.4. The summed E-state index contributed by atoms with van der Waals surface area (Å²) in [5.74, 6) is 0.642. The van der Waals surface area contributed by atoms with E-state index in [9.17, 15) is 9.59 Å².